The molecule has 1 saturated heterocycles. The highest BCUT2D eigenvalue weighted by molar-refractivity contribution is 5.59. The third kappa shape index (κ3) is 5.32. The Labute approximate surface area is 181 Å². The number of H-pyrrole nitrogens is 1. The first-order valence-electron chi connectivity index (χ1n) is 10.7. The standard InChI is InChI=1S/C21H30N8O2/c1-13(2)16-10-19(27-26-16)23-18-11-20(29-5-7-30-8-6-29)25-21(24-18)22-12-15-9-17(14(3)4)28-31-15/h9-11,13-14H,5-8,12H2,1-4H3,(H3,22,23,24,25,26,27). The fourth-order valence-electron chi connectivity index (χ4n) is 3.21. The van der Waals surface area contributed by atoms with Gasteiger partial charge in [-0.15, -0.1) is 0 Å². The molecular weight excluding hydrogens is 396 g/mol. The molecule has 31 heavy (non-hydrogen) atoms. The van der Waals surface area contributed by atoms with Crippen molar-refractivity contribution in [2.24, 2.45) is 0 Å². The van der Waals surface area contributed by atoms with Gasteiger partial charge in [0.05, 0.1) is 25.5 Å². The number of nitrogens with one attached hydrogen (secondary N) is 3. The number of ether oxygens (including phenoxy) is 1. The number of rotatable bonds is 8. The molecule has 0 saturated carbocycles. The Morgan fingerprint density at radius 2 is 1.84 bits per heavy atom. The summed E-state index contributed by atoms with van der Waals surface area (Å²) in [7, 11) is 0. The lowest BCUT2D eigenvalue weighted by Gasteiger charge is -2.28. The molecule has 1 aliphatic heterocycles. The molecule has 10 heteroatoms. The fourth-order valence-corrected chi connectivity index (χ4v) is 3.21. The molecule has 0 aromatic carbocycles. The lowest BCUT2D eigenvalue weighted by molar-refractivity contribution is 0.122. The van der Waals surface area contributed by atoms with Gasteiger partial charge in [0.15, 0.2) is 11.6 Å². The number of anilines is 4. The second kappa shape index (κ2) is 9.34. The van der Waals surface area contributed by atoms with Gasteiger partial charge >= 0.3 is 0 Å². The minimum atomic E-state index is 0.318. The van der Waals surface area contributed by atoms with Crippen LogP contribution >= 0.6 is 0 Å². The lowest BCUT2D eigenvalue weighted by Crippen LogP contribution is -2.37. The average Bonchev–Trinajstić information content (AvgIpc) is 3.43. The van der Waals surface area contributed by atoms with E-state index >= 15 is 0 Å². The first-order valence-corrected chi connectivity index (χ1v) is 10.7. The van der Waals surface area contributed by atoms with Crippen molar-refractivity contribution < 1.29 is 9.26 Å². The maximum Gasteiger partial charge on any atom is 0.227 e. The molecule has 1 fully saturated rings. The molecular formula is C21H30N8O2. The third-order valence-corrected chi connectivity index (χ3v) is 5.11. The zero-order valence-corrected chi connectivity index (χ0v) is 18.5. The Morgan fingerprint density at radius 1 is 1.03 bits per heavy atom. The van der Waals surface area contributed by atoms with Crippen LogP contribution < -0.4 is 15.5 Å². The van der Waals surface area contributed by atoms with Crippen molar-refractivity contribution in [1.82, 2.24) is 25.3 Å². The molecule has 3 aromatic rings. The summed E-state index contributed by atoms with van der Waals surface area (Å²) < 4.78 is 10.9. The van der Waals surface area contributed by atoms with E-state index in [2.05, 4.69) is 63.6 Å². The number of nitrogens with zero attached hydrogens (tertiary/aromatic N) is 5. The second-order valence-electron chi connectivity index (χ2n) is 8.25. The largest absolute Gasteiger partial charge is 0.378 e. The van der Waals surface area contributed by atoms with Crippen molar-refractivity contribution in [2.75, 3.05) is 41.8 Å². The van der Waals surface area contributed by atoms with E-state index in [1.807, 2.05) is 18.2 Å². The Kier molecular flexibility index (Phi) is 6.36. The van der Waals surface area contributed by atoms with Gasteiger partial charge in [0.1, 0.15) is 11.6 Å². The first-order chi connectivity index (χ1) is 15.0. The van der Waals surface area contributed by atoms with Crippen LogP contribution in [0, 0.1) is 0 Å². The molecule has 4 heterocycles. The molecule has 0 bridgehead atoms. The lowest BCUT2D eigenvalue weighted by atomic mass is 10.1. The smallest absolute Gasteiger partial charge is 0.227 e. The van der Waals surface area contributed by atoms with Crippen molar-refractivity contribution >= 4 is 23.4 Å². The Balaban J connectivity index is 1.54. The van der Waals surface area contributed by atoms with Gasteiger partial charge in [-0.25, -0.2) is 0 Å². The summed E-state index contributed by atoms with van der Waals surface area (Å²) in [5.74, 6) is 4.16. The van der Waals surface area contributed by atoms with Crippen LogP contribution in [0.3, 0.4) is 0 Å². The molecule has 0 atom stereocenters. The average molecular weight is 427 g/mol. The van der Waals surface area contributed by atoms with Crippen molar-refractivity contribution in [3.63, 3.8) is 0 Å². The number of aromatic amines is 1. The van der Waals surface area contributed by atoms with Crippen LogP contribution in [0.4, 0.5) is 23.4 Å². The molecule has 0 unspecified atom stereocenters. The fraction of sp³-hybridized carbons (Fsp3) is 0.524. The summed E-state index contributed by atoms with van der Waals surface area (Å²) in [4.78, 5) is 11.5. The minimum Gasteiger partial charge on any atom is -0.378 e. The zero-order valence-electron chi connectivity index (χ0n) is 18.5. The molecule has 0 radical (unpaired) electrons. The molecule has 0 aliphatic carbocycles. The molecule has 1 aliphatic rings. The van der Waals surface area contributed by atoms with Crippen LogP contribution in [0.15, 0.2) is 22.7 Å². The van der Waals surface area contributed by atoms with Gasteiger partial charge in [-0.3, -0.25) is 5.10 Å². The van der Waals surface area contributed by atoms with Crippen LogP contribution in [0.1, 0.15) is 56.7 Å². The van der Waals surface area contributed by atoms with E-state index in [1.54, 1.807) is 0 Å². The van der Waals surface area contributed by atoms with Gasteiger partial charge < -0.3 is 24.8 Å². The maximum atomic E-state index is 5.48. The number of aromatic nitrogens is 5. The van der Waals surface area contributed by atoms with Crippen molar-refractivity contribution in [3.8, 4) is 0 Å². The van der Waals surface area contributed by atoms with Gasteiger partial charge in [-0.2, -0.15) is 15.1 Å². The van der Waals surface area contributed by atoms with Gasteiger partial charge in [-0.1, -0.05) is 32.9 Å². The molecule has 3 N–H and O–H groups in total. The van der Waals surface area contributed by atoms with Gasteiger partial charge in [0, 0.05) is 37.0 Å². The van der Waals surface area contributed by atoms with Crippen molar-refractivity contribution in [1.29, 1.82) is 0 Å². The summed E-state index contributed by atoms with van der Waals surface area (Å²) in [6, 6.07) is 5.89. The molecule has 0 amide bonds. The van der Waals surface area contributed by atoms with E-state index in [1.165, 1.54) is 0 Å². The summed E-state index contributed by atoms with van der Waals surface area (Å²) in [6.45, 7) is 11.8. The normalized spacial score (nSPS) is 14.5. The SMILES string of the molecule is CC(C)c1cc(CNc2nc(Nc3cc(C(C)C)[nH]n3)cc(N3CCOCC3)n2)on1. The Bertz CT molecular complexity index is 991. The van der Waals surface area contributed by atoms with E-state index < -0.39 is 0 Å². The van der Waals surface area contributed by atoms with Crippen LogP contribution in [-0.2, 0) is 11.3 Å². The monoisotopic (exact) mass is 426 g/mol. The second-order valence-corrected chi connectivity index (χ2v) is 8.25. The van der Waals surface area contributed by atoms with Crippen molar-refractivity contribution in [3.05, 3.63) is 35.3 Å². The van der Waals surface area contributed by atoms with E-state index in [-0.39, 0.29) is 0 Å². The van der Waals surface area contributed by atoms with E-state index in [9.17, 15) is 0 Å². The summed E-state index contributed by atoms with van der Waals surface area (Å²) in [5, 5.41) is 18.1. The first kappa shape index (κ1) is 21.1. The molecule has 4 rings (SSSR count). The highest BCUT2D eigenvalue weighted by atomic mass is 16.5. The Morgan fingerprint density at radius 3 is 2.52 bits per heavy atom. The third-order valence-electron chi connectivity index (χ3n) is 5.11. The van der Waals surface area contributed by atoms with Crippen LogP contribution in [0.2, 0.25) is 0 Å². The molecule has 10 nitrogen and oxygen atoms in total. The quantitative estimate of drug-likeness (QED) is 0.496. The van der Waals surface area contributed by atoms with Crippen molar-refractivity contribution in [2.45, 2.75) is 46.1 Å². The van der Waals surface area contributed by atoms with Gasteiger partial charge in [0.25, 0.3) is 0 Å². The van der Waals surface area contributed by atoms with E-state index in [0.29, 0.717) is 43.4 Å². The minimum absolute atomic E-state index is 0.318. The molecule has 0 spiro atoms. The number of hydrogen-bond donors (Lipinski definition) is 3. The maximum absolute atomic E-state index is 5.48. The van der Waals surface area contributed by atoms with E-state index in [4.69, 9.17) is 14.2 Å². The topological polar surface area (TPSA) is 117 Å². The number of hydrogen-bond acceptors (Lipinski definition) is 9. The Hall–Kier alpha value is -3.14. The predicted molar refractivity (Wildman–Crippen MR) is 119 cm³/mol. The van der Waals surface area contributed by atoms with E-state index in [0.717, 1.165) is 41.9 Å². The highest BCUT2D eigenvalue weighted by Crippen LogP contribution is 2.24. The molecule has 166 valence electrons. The van der Waals surface area contributed by atoms with Crippen LogP contribution in [0.5, 0.6) is 0 Å². The highest BCUT2D eigenvalue weighted by Gasteiger charge is 2.16. The van der Waals surface area contributed by atoms with Crippen LogP contribution in [0.25, 0.3) is 0 Å². The predicted octanol–water partition coefficient (Wildman–Crippen LogP) is 3.63. The summed E-state index contributed by atoms with van der Waals surface area (Å²) in [5.41, 5.74) is 2.00. The molecule has 3 aromatic heterocycles. The number of morpholine rings is 1. The zero-order chi connectivity index (χ0) is 21.8. The van der Waals surface area contributed by atoms with Gasteiger partial charge in [0.2, 0.25) is 5.95 Å². The summed E-state index contributed by atoms with van der Waals surface area (Å²) in [6.07, 6.45) is 0. The summed E-state index contributed by atoms with van der Waals surface area (Å²) >= 11 is 0. The van der Waals surface area contributed by atoms with Gasteiger partial charge in [-0.05, 0) is 11.8 Å². The van der Waals surface area contributed by atoms with Crippen LogP contribution in [-0.4, -0.2) is 51.6 Å².